The number of carbonyl (C=O) groups is 3. The number of amides is 3. The van der Waals surface area contributed by atoms with E-state index in [0.29, 0.717) is 73.4 Å². The summed E-state index contributed by atoms with van der Waals surface area (Å²) in [6.07, 6.45) is 0.892. The first kappa shape index (κ1) is 42.4. The molecule has 14 nitrogen and oxygen atoms in total. The van der Waals surface area contributed by atoms with Gasteiger partial charge in [-0.25, -0.2) is 4.79 Å². The number of phenols is 1. The molecule has 2 heterocycles. The summed E-state index contributed by atoms with van der Waals surface area (Å²) in [5, 5.41) is 30.6. The van der Waals surface area contributed by atoms with Crippen molar-refractivity contribution >= 4 is 40.2 Å². The van der Waals surface area contributed by atoms with Crippen LogP contribution in [-0.2, 0) is 20.9 Å². The van der Waals surface area contributed by atoms with Gasteiger partial charge in [0.05, 0.1) is 24.4 Å². The quantitative estimate of drug-likeness (QED) is 0.0650. The molecule has 0 unspecified atom stereocenters. The number of aliphatic hydroxyl groups is 1. The van der Waals surface area contributed by atoms with Gasteiger partial charge in [-0.3, -0.25) is 19.7 Å². The second-order valence-electron chi connectivity index (χ2n) is 14.7. The molecule has 14 heteroatoms. The van der Waals surface area contributed by atoms with E-state index < -0.39 is 12.2 Å². The minimum atomic E-state index is -0.912. The number of rotatable bonds is 17. The van der Waals surface area contributed by atoms with E-state index in [-0.39, 0.29) is 47.7 Å². The number of pyridine rings is 1. The maximum Gasteiger partial charge on any atom is 0.411 e. The van der Waals surface area contributed by atoms with Crippen molar-refractivity contribution in [3.63, 3.8) is 0 Å². The Balaban J connectivity index is 0.860. The average Bonchev–Trinajstić information content (AvgIpc) is 3.24. The molecule has 4 aromatic carbocycles. The van der Waals surface area contributed by atoms with Crippen molar-refractivity contribution in [2.75, 3.05) is 57.5 Å². The van der Waals surface area contributed by atoms with Crippen molar-refractivity contribution in [2.45, 2.75) is 50.9 Å². The number of aromatic nitrogens is 1. The summed E-state index contributed by atoms with van der Waals surface area (Å²) >= 11 is 0. The number of para-hydroxylation sites is 1. The number of nitrogens with zero attached hydrogens (tertiary/aromatic N) is 2. The number of piperidine rings is 1. The van der Waals surface area contributed by atoms with Gasteiger partial charge in [-0.2, -0.15) is 0 Å². The molecular formula is C45H52N6O8. The predicted molar refractivity (Wildman–Crippen MR) is 227 cm³/mol. The summed E-state index contributed by atoms with van der Waals surface area (Å²) in [6.45, 7) is 3.08. The number of hydrogen-bond acceptors (Lipinski definition) is 10. The third kappa shape index (κ3) is 11.7. The fraction of sp³-hybridized carbons (Fsp3) is 0.333. The molecule has 0 saturated carbocycles. The minimum absolute atomic E-state index is 0.00875. The number of aromatic hydroxyl groups is 1. The third-order valence-corrected chi connectivity index (χ3v) is 10.5. The lowest BCUT2D eigenvalue weighted by molar-refractivity contribution is -0.130. The summed E-state index contributed by atoms with van der Waals surface area (Å²) in [4.78, 5) is 56.7. The first-order chi connectivity index (χ1) is 28.6. The molecule has 1 saturated heterocycles. The predicted octanol–water partition coefficient (Wildman–Crippen LogP) is 6.01. The Morgan fingerprint density at radius 3 is 2.47 bits per heavy atom. The molecule has 1 aliphatic rings. The number of fused-ring (bicyclic) bond motifs is 1. The van der Waals surface area contributed by atoms with Gasteiger partial charge >= 0.3 is 6.09 Å². The molecule has 6 rings (SSSR count). The van der Waals surface area contributed by atoms with Crippen LogP contribution in [0, 0.1) is 0 Å². The number of ether oxygens (including phenoxy) is 2. The number of aromatic amines is 1. The number of anilines is 2. The number of phenolic OH excluding ortho intramolecular Hbond substituents is 1. The lowest BCUT2D eigenvalue weighted by Gasteiger charge is -2.31. The molecule has 1 aromatic heterocycles. The Hall–Kier alpha value is -6.22. The number of carbonyl (C=O) groups excluding carboxylic acids is 3. The average molecular weight is 805 g/mol. The Morgan fingerprint density at radius 2 is 1.69 bits per heavy atom. The van der Waals surface area contributed by atoms with Crippen LogP contribution in [0.5, 0.6) is 11.5 Å². The van der Waals surface area contributed by atoms with Crippen LogP contribution < -0.4 is 26.2 Å². The van der Waals surface area contributed by atoms with Crippen molar-refractivity contribution in [2.24, 2.45) is 0 Å². The zero-order valence-corrected chi connectivity index (χ0v) is 33.4. The molecule has 0 aliphatic carbocycles. The molecule has 1 fully saturated rings. The molecule has 6 N–H and O–H groups in total. The SMILES string of the molecule is COc1cc(NC(=O)CCCN(C)C(=O)CCN2CCC(OC(=O)Nc3ccccc3-c3ccccc3)CC2)ccc1CNC[C@H](O)c1ccc(O)c2[nH]c(=O)ccc12. The maximum atomic E-state index is 12.9. The van der Waals surface area contributed by atoms with Crippen LogP contribution in [0.15, 0.2) is 102 Å². The Bertz CT molecular complexity index is 2270. The first-order valence-electron chi connectivity index (χ1n) is 19.9. The molecular weight excluding hydrogens is 753 g/mol. The standard InChI is InChI=1S/C45H52N6O8/c1-50(43(56)22-26-51-24-20-33(21-25-51)59-45(57)48-37-12-7-6-11-34(37)30-9-4-3-5-10-30)23-8-13-41(54)47-32-15-14-31(40(27-32)58-2)28-46-29-39(53)35-16-18-38(52)44-36(35)17-19-42(55)49-44/h3-7,9-12,14-19,27,33,39,46,52-53H,8,13,20-26,28-29H2,1-2H3,(H,47,54)(H,48,57)(H,49,55)/t39-/m0/s1. The van der Waals surface area contributed by atoms with E-state index in [1.54, 1.807) is 43.3 Å². The van der Waals surface area contributed by atoms with E-state index >= 15 is 0 Å². The third-order valence-electron chi connectivity index (χ3n) is 10.5. The summed E-state index contributed by atoms with van der Waals surface area (Å²) in [5.74, 6) is 0.318. The van der Waals surface area contributed by atoms with E-state index in [1.807, 2.05) is 60.7 Å². The maximum absolute atomic E-state index is 12.9. The van der Waals surface area contributed by atoms with E-state index in [2.05, 4.69) is 25.8 Å². The van der Waals surface area contributed by atoms with Crippen LogP contribution in [0.3, 0.4) is 0 Å². The topological polar surface area (TPSA) is 186 Å². The van der Waals surface area contributed by atoms with Crippen molar-refractivity contribution in [3.8, 4) is 22.6 Å². The van der Waals surface area contributed by atoms with Crippen molar-refractivity contribution < 1.29 is 34.1 Å². The second kappa shape index (κ2) is 20.5. The highest BCUT2D eigenvalue weighted by Crippen LogP contribution is 2.30. The number of H-pyrrole nitrogens is 1. The molecule has 5 aromatic rings. The molecule has 59 heavy (non-hydrogen) atoms. The molecule has 0 bridgehead atoms. The van der Waals surface area contributed by atoms with Gasteiger partial charge in [0, 0.05) is 93.5 Å². The van der Waals surface area contributed by atoms with Crippen LogP contribution in [-0.4, -0.2) is 95.9 Å². The lowest BCUT2D eigenvalue weighted by Crippen LogP contribution is -2.40. The number of aliphatic hydroxyl groups excluding tert-OH is 1. The number of likely N-dealkylation sites (tertiary alicyclic amines) is 1. The molecule has 1 aliphatic heterocycles. The first-order valence-corrected chi connectivity index (χ1v) is 19.9. The molecule has 1 atom stereocenters. The number of nitrogens with one attached hydrogen (secondary N) is 4. The van der Waals surface area contributed by atoms with Crippen molar-refractivity contribution in [1.29, 1.82) is 0 Å². The molecule has 0 spiro atoms. The van der Waals surface area contributed by atoms with Gasteiger partial charge < -0.3 is 45.1 Å². The van der Waals surface area contributed by atoms with Gasteiger partial charge in [0.2, 0.25) is 17.4 Å². The summed E-state index contributed by atoms with van der Waals surface area (Å²) in [5.41, 5.74) is 4.51. The Kier molecular flexibility index (Phi) is 14.7. The number of hydrogen-bond donors (Lipinski definition) is 6. The smallest absolute Gasteiger partial charge is 0.411 e. The van der Waals surface area contributed by atoms with Gasteiger partial charge in [0.1, 0.15) is 17.6 Å². The number of methoxy groups -OCH3 is 1. The van der Waals surface area contributed by atoms with Crippen LogP contribution in [0.2, 0.25) is 0 Å². The van der Waals surface area contributed by atoms with Crippen LogP contribution in [0.25, 0.3) is 22.0 Å². The van der Waals surface area contributed by atoms with Crippen LogP contribution in [0.4, 0.5) is 16.2 Å². The van der Waals surface area contributed by atoms with Gasteiger partial charge in [0.15, 0.2) is 0 Å². The van der Waals surface area contributed by atoms with Gasteiger partial charge in [-0.05, 0) is 54.7 Å². The van der Waals surface area contributed by atoms with Gasteiger partial charge in [-0.1, -0.05) is 60.7 Å². The van der Waals surface area contributed by atoms with Crippen molar-refractivity contribution in [3.05, 3.63) is 119 Å². The second-order valence-corrected chi connectivity index (χ2v) is 14.7. The molecule has 0 radical (unpaired) electrons. The van der Waals surface area contributed by atoms with E-state index in [4.69, 9.17) is 9.47 Å². The van der Waals surface area contributed by atoms with Crippen LogP contribution in [0.1, 0.15) is 49.3 Å². The van der Waals surface area contributed by atoms with Gasteiger partial charge in [-0.15, -0.1) is 0 Å². The van der Waals surface area contributed by atoms with E-state index in [9.17, 15) is 29.4 Å². The normalized spacial score (nSPS) is 13.7. The largest absolute Gasteiger partial charge is 0.506 e. The monoisotopic (exact) mass is 804 g/mol. The molecule has 310 valence electrons. The summed E-state index contributed by atoms with van der Waals surface area (Å²) in [6, 6.07) is 28.8. The summed E-state index contributed by atoms with van der Waals surface area (Å²) in [7, 11) is 3.29. The zero-order valence-electron chi connectivity index (χ0n) is 33.4. The van der Waals surface area contributed by atoms with Crippen LogP contribution >= 0.6 is 0 Å². The highest BCUT2D eigenvalue weighted by molar-refractivity contribution is 5.92. The fourth-order valence-corrected chi connectivity index (χ4v) is 7.24. The van der Waals surface area contributed by atoms with E-state index in [0.717, 1.165) is 29.8 Å². The highest BCUT2D eigenvalue weighted by Gasteiger charge is 2.24. The minimum Gasteiger partial charge on any atom is -0.506 e. The Labute approximate surface area is 343 Å². The Morgan fingerprint density at radius 1 is 0.932 bits per heavy atom. The molecule has 3 amide bonds. The number of benzene rings is 4. The lowest BCUT2D eigenvalue weighted by atomic mass is 10.0. The summed E-state index contributed by atoms with van der Waals surface area (Å²) < 4.78 is 11.3. The fourth-order valence-electron chi connectivity index (χ4n) is 7.24. The van der Waals surface area contributed by atoms with Crippen molar-refractivity contribution in [1.82, 2.24) is 20.1 Å². The van der Waals surface area contributed by atoms with Gasteiger partial charge in [0.25, 0.3) is 0 Å². The zero-order chi connectivity index (χ0) is 41.7. The van der Waals surface area contributed by atoms with E-state index in [1.165, 1.54) is 12.1 Å². The highest BCUT2D eigenvalue weighted by atomic mass is 16.6.